The lowest BCUT2D eigenvalue weighted by Crippen LogP contribution is -2.49. The van der Waals surface area contributed by atoms with Crippen molar-refractivity contribution in [3.05, 3.63) is 90.3 Å². The van der Waals surface area contributed by atoms with Gasteiger partial charge in [-0.15, -0.1) is 0 Å². The molecule has 0 atom stereocenters. The molecule has 37 heavy (non-hydrogen) atoms. The van der Waals surface area contributed by atoms with Crippen LogP contribution in [0.3, 0.4) is 0 Å². The monoisotopic (exact) mass is 497 g/mol. The number of ether oxygens (including phenoxy) is 1. The van der Waals surface area contributed by atoms with E-state index in [9.17, 15) is 4.79 Å². The molecule has 7 nitrogen and oxygen atoms in total. The lowest BCUT2D eigenvalue weighted by atomic mass is 10.2. The maximum atomic E-state index is 12.9. The fraction of sp³-hybridized carbons (Fsp3) is 0.333. The van der Waals surface area contributed by atoms with Gasteiger partial charge in [0.25, 0.3) is 0 Å². The lowest BCUT2D eigenvalue weighted by molar-refractivity contribution is 0.140. The van der Waals surface area contributed by atoms with E-state index in [4.69, 9.17) is 9.72 Å². The number of nitrogens with zero attached hydrogens (tertiary/aromatic N) is 4. The Bertz CT molecular complexity index is 1290. The van der Waals surface area contributed by atoms with E-state index in [1.54, 1.807) is 0 Å². The molecule has 0 radical (unpaired) electrons. The molecule has 1 saturated heterocycles. The highest BCUT2D eigenvalue weighted by Crippen LogP contribution is 2.21. The van der Waals surface area contributed by atoms with Gasteiger partial charge in [-0.3, -0.25) is 4.90 Å². The van der Waals surface area contributed by atoms with E-state index in [1.165, 1.54) is 5.56 Å². The van der Waals surface area contributed by atoms with E-state index in [-0.39, 0.29) is 6.03 Å². The average molecular weight is 498 g/mol. The molecule has 1 N–H and O–H groups in total. The van der Waals surface area contributed by atoms with Crippen molar-refractivity contribution in [3.8, 4) is 5.75 Å². The number of urea groups is 1. The van der Waals surface area contributed by atoms with E-state index in [2.05, 4.69) is 64.2 Å². The van der Waals surface area contributed by atoms with Crippen LogP contribution in [0.1, 0.15) is 31.2 Å². The predicted molar refractivity (Wildman–Crippen MR) is 148 cm³/mol. The highest BCUT2D eigenvalue weighted by molar-refractivity contribution is 5.89. The van der Waals surface area contributed by atoms with Gasteiger partial charge in [0.1, 0.15) is 11.6 Å². The van der Waals surface area contributed by atoms with E-state index in [0.717, 1.165) is 73.9 Å². The number of benzene rings is 3. The van der Waals surface area contributed by atoms with Gasteiger partial charge in [0.15, 0.2) is 0 Å². The van der Waals surface area contributed by atoms with Gasteiger partial charge in [-0.2, -0.15) is 0 Å². The Balaban J connectivity index is 1.17. The van der Waals surface area contributed by atoms with Gasteiger partial charge in [0, 0.05) is 38.4 Å². The SMILES string of the molecule is CCCCOc1ccc(NC(=O)N2CCN(Cc3nc4ccccc4n3Cc3ccccc3)CC2)cc1. The largest absolute Gasteiger partial charge is 0.494 e. The Morgan fingerprint density at radius 3 is 2.38 bits per heavy atom. The number of aromatic nitrogens is 2. The Hall–Kier alpha value is -3.84. The summed E-state index contributed by atoms with van der Waals surface area (Å²) in [4.78, 5) is 22.1. The molecular weight excluding hydrogens is 462 g/mol. The molecule has 1 aliphatic rings. The highest BCUT2D eigenvalue weighted by Gasteiger charge is 2.23. The molecule has 1 fully saturated rings. The summed E-state index contributed by atoms with van der Waals surface area (Å²) in [7, 11) is 0. The van der Waals surface area contributed by atoms with Crippen LogP contribution in [0.2, 0.25) is 0 Å². The van der Waals surface area contributed by atoms with Crippen LogP contribution in [-0.2, 0) is 13.1 Å². The number of nitrogens with one attached hydrogen (secondary N) is 1. The van der Waals surface area contributed by atoms with Crippen LogP contribution >= 0.6 is 0 Å². The summed E-state index contributed by atoms with van der Waals surface area (Å²) in [6.07, 6.45) is 2.14. The molecule has 192 valence electrons. The molecule has 0 unspecified atom stereocenters. The molecule has 2 amide bonds. The molecule has 1 aromatic heterocycles. The molecule has 1 aliphatic heterocycles. The van der Waals surface area contributed by atoms with E-state index < -0.39 is 0 Å². The molecule has 4 aromatic rings. The first-order valence-corrected chi connectivity index (χ1v) is 13.2. The molecule has 5 rings (SSSR count). The summed E-state index contributed by atoms with van der Waals surface area (Å²) in [6, 6.07) is 26.4. The summed E-state index contributed by atoms with van der Waals surface area (Å²) in [6.45, 7) is 7.40. The minimum absolute atomic E-state index is 0.0596. The topological polar surface area (TPSA) is 62.6 Å². The molecule has 0 spiro atoms. The fourth-order valence-electron chi connectivity index (χ4n) is 4.67. The average Bonchev–Trinajstić information content (AvgIpc) is 3.27. The number of unbranched alkanes of at least 4 members (excludes halogenated alkanes) is 1. The van der Waals surface area contributed by atoms with Crippen molar-refractivity contribution in [1.82, 2.24) is 19.4 Å². The number of anilines is 1. The molecule has 0 bridgehead atoms. The molecule has 2 heterocycles. The van der Waals surface area contributed by atoms with E-state index in [0.29, 0.717) is 13.1 Å². The number of amides is 2. The number of hydrogen-bond donors (Lipinski definition) is 1. The van der Waals surface area contributed by atoms with E-state index >= 15 is 0 Å². The zero-order valence-corrected chi connectivity index (χ0v) is 21.5. The maximum Gasteiger partial charge on any atom is 0.321 e. The number of hydrogen-bond acceptors (Lipinski definition) is 4. The maximum absolute atomic E-state index is 12.9. The van der Waals surface area contributed by atoms with Gasteiger partial charge in [0.05, 0.1) is 24.2 Å². The van der Waals surface area contributed by atoms with Crippen LogP contribution in [0.5, 0.6) is 5.75 Å². The fourth-order valence-corrected chi connectivity index (χ4v) is 4.67. The van der Waals surface area contributed by atoms with Crippen molar-refractivity contribution in [2.75, 3.05) is 38.1 Å². The van der Waals surface area contributed by atoms with E-state index in [1.807, 2.05) is 41.3 Å². The van der Waals surface area contributed by atoms with Gasteiger partial charge in [-0.05, 0) is 48.4 Å². The molecule has 3 aromatic carbocycles. The molecule has 0 saturated carbocycles. The quantitative estimate of drug-likeness (QED) is 0.305. The molecule has 0 aliphatic carbocycles. The summed E-state index contributed by atoms with van der Waals surface area (Å²) >= 11 is 0. The molecular formula is C30H35N5O2. The van der Waals surface area contributed by atoms with Gasteiger partial charge < -0.3 is 19.5 Å². The normalized spacial score (nSPS) is 14.1. The summed E-state index contributed by atoms with van der Waals surface area (Å²) in [5.41, 5.74) is 4.22. The summed E-state index contributed by atoms with van der Waals surface area (Å²) < 4.78 is 8.03. The minimum atomic E-state index is -0.0596. The second-order valence-corrected chi connectivity index (χ2v) is 9.51. The van der Waals surface area contributed by atoms with Crippen molar-refractivity contribution in [3.63, 3.8) is 0 Å². The summed E-state index contributed by atoms with van der Waals surface area (Å²) in [5, 5.41) is 3.02. The second kappa shape index (κ2) is 11.9. The van der Waals surface area contributed by atoms with Gasteiger partial charge in [0.2, 0.25) is 0 Å². The third-order valence-electron chi connectivity index (χ3n) is 6.81. The van der Waals surface area contributed by atoms with Crippen molar-refractivity contribution in [2.24, 2.45) is 0 Å². The zero-order valence-electron chi connectivity index (χ0n) is 21.5. The first-order valence-electron chi connectivity index (χ1n) is 13.2. The van der Waals surface area contributed by atoms with Crippen LogP contribution in [0.25, 0.3) is 11.0 Å². The van der Waals surface area contributed by atoms with Crippen LogP contribution < -0.4 is 10.1 Å². The minimum Gasteiger partial charge on any atom is -0.494 e. The Kier molecular flexibility index (Phi) is 8.01. The van der Waals surface area contributed by atoms with Crippen LogP contribution in [0.15, 0.2) is 78.9 Å². The smallest absolute Gasteiger partial charge is 0.321 e. The van der Waals surface area contributed by atoms with Crippen LogP contribution in [-0.4, -0.2) is 58.2 Å². The zero-order chi connectivity index (χ0) is 25.5. The van der Waals surface area contributed by atoms with Crippen molar-refractivity contribution in [1.29, 1.82) is 0 Å². The van der Waals surface area contributed by atoms with Gasteiger partial charge >= 0.3 is 6.03 Å². The van der Waals surface area contributed by atoms with Gasteiger partial charge in [-0.1, -0.05) is 55.8 Å². The standard InChI is InChI=1S/C30H35N5O2/c1-2-3-21-37-26-15-13-25(14-16-26)31-30(36)34-19-17-33(18-20-34)23-29-32-27-11-7-8-12-28(27)35(29)22-24-9-5-4-6-10-24/h4-16H,2-3,17-23H2,1H3,(H,31,36). The number of rotatable bonds is 9. The predicted octanol–water partition coefficient (Wildman–Crippen LogP) is 5.61. The molecule has 7 heteroatoms. The highest BCUT2D eigenvalue weighted by atomic mass is 16.5. The van der Waals surface area contributed by atoms with Crippen LogP contribution in [0, 0.1) is 0 Å². The lowest BCUT2D eigenvalue weighted by Gasteiger charge is -2.34. The van der Waals surface area contributed by atoms with Crippen molar-refractivity contribution < 1.29 is 9.53 Å². The number of fused-ring (bicyclic) bond motifs is 1. The second-order valence-electron chi connectivity index (χ2n) is 9.51. The Labute approximate surface area is 218 Å². The number of carbonyl (C=O) groups is 1. The van der Waals surface area contributed by atoms with Crippen molar-refractivity contribution in [2.45, 2.75) is 32.9 Å². The van der Waals surface area contributed by atoms with Crippen LogP contribution in [0.4, 0.5) is 10.5 Å². The third kappa shape index (κ3) is 6.30. The Morgan fingerprint density at radius 1 is 0.892 bits per heavy atom. The number of carbonyl (C=O) groups excluding carboxylic acids is 1. The van der Waals surface area contributed by atoms with Gasteiger partial charge in [-0.25, -0.2) is 9.78 Å². The number of imidazole rings is 1. The first-order chi connectivity index (χ1) is 18.2. The Morgan fingerprint density at radius 2 is 1.62 bits per heavy atom. The van der Waals surface area contributed by atoms with Crippen molar-refractivity contribution >= 4 is 22.8 Å². The first kappa shape index (κ1) is 24.8. The number of para-hydroxylation sites is 2. The third-order valence-corrected chi connectivity index (χ3v) is 6.81. The number of piperazine rings is 1. The summed E-state index contributed by atoms with van der Waals surface area (Å²) in [5.74, 6) is 1.89.